The number of rotatable bonds is 0. The fourth-order valence-electron chi connectivity index (χ4n) is 2.22. The van der Waals surface area contributed by atoms with Crippen LogP contribution in [-0.2, 0) is 14.2 Å². The van der Waals surface area contributed by atoms with Gasteiger partial charge >= 0.3 is 0 Å². The van der Waals surface area contributed by atoms with Crippen molar-refractivity contribution in [2.24, 2.45) is 0 Å². The van der Waals surface area contributed by atoms with Crippen LogP contribution in [0.1, 0.15) is 19.3 Å². The number of hydrogen-bond donors (Lipinski definition) is 0. The molecule has 2 aliphatic heterocycles. The number of ether oxygens (including phenoxy) is 3. The minimum Gasteiger partial charge on any atom is -0.364 e. The Bertz CT molecular complexity index is 174. The van der Waals surface area contributed by atoms with E-state index in [9.17, 15) is 0 Å². The summed E-state index contributed by atoms with van der Waals surface area (Å²) in [6.45, 7) is 1.49. The lowest BCUT2D eigenvalue weighted by Crippen LogP contribution is -2.40. The Morgan fingerprint density at radius 3 is 2.82 bits per heavy atom. The van der Waals surface area contributed by atoms with E-state index in [1.54, 1.807) is 0 Å². The zero-order valence-corrected chi connectivity index (χ0v) is 6.41. The van der Waals surface area contributed by atoms with Crippen LogP contribution in [0.2, 0.25) is 0 Å². The van der Waals surface area contributed by atoms with Gasteiger partial charge in [-0.3, -0.25) is 0 Å². The fraction of sp³-hybridized carbons (Fsp3) is 1.00. The molecule has 3 heteroatoms. The lowest BCUT2D eigenvalue weighted by Gasteiger charge is -2.28. The van der Waals surface area contributed by atoms with Crippen LogP contribution in [0.25, 0.3) is 0 Å². The first kappa shape index (κ1) is 6.40. The van der Waals surface area contributed by atoms with Crippen LogP contribution >= 0.6 is 0 Å². The third-order valence-corrected chi connectivity index (χ3v) is 2.81. The van der Waals surface area contributed by atoms with Crippen molar-refractivity contribution in [1.29, 1.82) is 0 Å². The van der Waals surface area contributed by atoms with Gasteiger partial charge in [0, 0.05) is 6.42 Å². The molecule has 0 N–H and O–H groups in total. The highest BCUT2D eigenvalue weighted by Crippen LogP contribution is 2.47. The summed E-state index contributed by atoms with van der Waals surface area (Å²) < 4.78 is 16.6. The standard InChI is InChI=1S/C8H12O3/c1-2-6-7(11-6)8(3-1)9-4-5-10-8/h6-7H,1-5H2/t6-,7+/m0/s1. The first-order valence-electron chi connectivity index (χ1n) is 4.34. The molecular weight excluding hydrogens is 144 g/mol. The topological polar surface area (TPSA) is 31.0 Å². The average molecular weight is 156 g/mol. The third kappa shape index (κ3) is 0.789. The van der Waals surface area contributed by atoms with Crippen LogP contribution in [0.4, 0.5) is 0 Å². The molecule has 0 unspecified atom stereocenters. The van der Waals surface area contributed by atoms with Crippen molar-refractivity contribution in [3.8, 4) is 0 Å². The van der Waals surface area contributed by atoms with Crippen molar-refractivity contribution in [2.45, 2.75) is 37.3 Å². The van der Waals surface area contributed by atoms with E-state index in [2.05, 4.69) is 0 Å². The van der Waals surface area contributed by atoms with E-state index < -0.39 is 0 Å². The zero-order chi connectivity index (χ0) is 7.31. The molecule has 1 saturated carbocycles. The number of epoxide rings is 1. The molecule has 62 valence electrons. The average Bonchev–Trinajstić information content (AvgIpc) is 2.68. The molecule has 0 aromatic carbocycles. The first-order chi connectivity index (χ1) is 5.41. The van der Waals surface area contributed by atoms with Gasteiger partial charge in [0.15, 0.2) is 5.79 Å². The second-order valence-electron chi connectivity index (χ2n) is 3.50. The van der Waals surface area contributed by atoms with Crippen LogP contribution in [0.3, 0.4) is 0 Å². The Morgan fingerprint density at radius 2 is 2.00 bits per heavy atom. The van der Waals surface area contributed by atoms with Crippen LogP contribution in [-0.4, -0.2) is 31.2 Å². The second kappa shape index (κ2) is 1.97. The maximum atomic E-state index is 5.59. The highest BCUT2D eigenvalue weighted by Gasteiger charge is 2.60. The minimum atomic E-state index is -0.317. The summed E-state index contributed by atoms with van der Waals surface area (Å²) in [4.78, 5) is 0. The van der Waals surface area contributed by atoms with Gasteiger partial charge in [-0.25, -0.2) is 0 Å². The highest BCUT2D eigenvalue weighted by molar-refractivity contribution is 5.02. The zero-order valence-electron chi connectivity index (χ0n) is 6.41. The molecule has 2 saturated heterocycles. The molecular formula is C8H12O3. The summed E-state index contributed by atoms with van der Waals surface area (Å²) in [5, 5.41) is 0. The maximum absolute atomic E-state index is 5.59. The number of hydrogen-bond acceptors (Lipinski definition) is 3. The van der Waals surface area contributed by atoms with Gasteiger partial charge in [0.25, 0.3) is 0 Å². The second-order valence-corrected chi connectivity index (χ2v) is 3.50. The summed E-state index contributed by atoms with van der Waals surface area (Å²) in [6, 6.07) is 0. The molecule has 2 atom stereocenters. The summed E-state index contributed by atoms with van der Waals surface area (Å²) >= 11 is 0. The highest BCUT2D eigenvalue weighted by atomic mass is 16.8. The van der Waals surface area contributed by atoms with Crippen LogP contribution in [0.15, 0.2) is 0 Å². The minimum absolute atomic E-state index is 0.263. The molecule has 11 heavy (non-hydrogen) atoms. The molecule has 3 aliphatic rings. The van der Waals surface area contributed by atoms with Gasteiger partial charge in [0.05, 0.1) is 19.3 Å². The molecule has 0 bridgehead atoms. The first-order valence-corrected chi connectivity index (χ1v) is 4.34. The lowest BCUT2D eigenvalue weighted by molar-refractivity contribution is -0.179. The molecule has 0 amide bonds. The van der Waals surface area contributed by atoms with Crippen molar-refractivity contribution >= 4 is 0 Å². The Kier molecular flexibility index (Phi) is 1.15. The monoisotopic (exact) mass is 156 g/mol. The smallest absolute Gasteiger partial charge is 0.197 e. The van der Waals surface area contributed by atoms with Gasteiger partial charge < -0.3 is 14.2 Å². The molecule has 3 nitrogen and oxygen atoms in total. The van der Waals surface area contributed by atoms with Gasteiger partial charge in [-0.15, -0.1) is 0 Å². The van der Waals surface area contributed by atoms with E-state index in [0.29, 0.717) is 6.10 Å². The maximum Gasteiger partial charge on any atom is 0.197 e. The van der Waals surface area contributed by atoms with Gasteiger partial charge in [-0.2, -0.15) is 0 Å². The third-order valence-electron chi connectivity index (χ3n) is 2.81. The predicted molar refractivity (Wildman–Crippen MR) is 37.1 cm³/mol. The molecule has 0 aromatic heterocycles. The lowest BCUT2D eigenvalue weighted by atomic mass is 9.94. The largest absolute Gasteiger partial charge is 0.364 e. The molecule has 0 aromatic rings. The van der Waals surface area contributed by atoms with E-state index in [0.717, 1.165) is 19.6 Å². The van der Waals surface area contributed by atoms with E-state index in [1.807, 2.05) is 0 Å². The summed E-state index contributed by atoms with van der Waals surface area (Å²) in [6.07, 6.45) is 4.11. The molecule has 0 radical (unpaired) electrons. The molecule has 3 rings (SSSR count). The van der Waals surface area contributed by atoms with Crippen molar-refractivity contribution in [3.63, 3.8) is 0 Å². The Morgan fingerprint density at radius 1 is 1.18 bits per heavy atom. The van der Waals surface area contributed by atoms with E-state index in [-0.39, 0.29) is 11.9 Å². The van der Waals surface area contributed by atoms with Gasteiger partial charge in [-0.05, 0) is 12.8 Å². The predicted octanol–water partition coefficient (Wildman–Crippen LogP) is 0.681. The normalized spacial score (nSPS) is 45.8. The van der Waals surface area contributed by atoms with E-state index in [4.69, 9.17) is 14.2 Å². The van der Waals surface area contributed by atoms with Crippen LogP contribution in [0, 0.1) is 0 Å². The van der Waals surface area contributed by atoms with Crippen molar-refractivity contribution in [1.82, 2.24) is 0 Å². The molecule has 2 heterocycles. The van der Waals surface area contributed by atoms with Crippen LogP contribution in [0.5, 0.6) is 0 Å². The summed E-state index contributed by atoms with van der Waals surface area (Å²) in [7, 11) is 0. The van der Waals surface area contributed by atoms with E-state index >= 15 is 0 Å². The Labute approximate surface area is 65.6 Å². The number of fused-ring (bicyclic) bond motifs is 2. The fourth-order valence-corrected chi connectivity index (χ4v) is 2.22. The van der Waals surface area contributed by atoms with Crippen molar-refractivity contribution in [2.75, 3.05) is 13.2 Å². The molecule has 3 fully saturated rings. The van der Waals surface area contributed by atoms with Gasteiger partial charge in [0.1, 0.15) is 6.10 Å². The quantitative estimate of drug-likeness (QED) is 0.483. The van der Waals surface area contributed by atoms with Crippen molar-refractivity contribution in [3.05, 3.63) is 0 Å². The van der Waals surface area contributed by atoms with Crippen molar-refractivity contribution < 1.29 is 14.2 Å². The SMILES string of the molecule is C1C[C@@H]2O[C@H]2C2(C1)OCCO2. The molecule has 1 spiro atoms. The summed E-state index contributed by atoms with van der Waals surface area (Å²) in [5.74, 6) is -0.317. The van der Waals surface area contributed by atoms with Gasteiger partial charge in [-0.1, -0.05) is 0 Å². The van der Waals surface area contributed by atoms with E-state index in [1.165, 1.54) is 12.8 Å². The molecule has 1 aliphatic carbocycles. The summed E-state index contributed by atoms with van der Waals surface area (Å²) in [5.41, 5.74) is 0. The Hall–Kier alpha value is -0.120. The van der Waals surface area contributed by atoms with Crippen LogP contribution < -0.4 is 0 Å². The van der Waals surface area contributed by atoms with Gasteiger partial charge in [0.2, 0.25) is 0 Å². The Balaban J connectivity index is 1.84.